The maximum absolute atomic E-state index is 5.60. The fourth-order valence-corrected chi connectivity index (χ4v) is 1.21. The average Bonchev–Trinajstić information content (AvgIpc) is 2.35. The summed E-state index contributed by atoms with van der Waals surface area (Å²) in [6.45, 7) is 5.02. The molecule has 1 heterocycles. The Bertz CT molecular complexity index is 372. The molecule has 0 aliphatic rings. The van der Waals surface area contributed by atoms with Crippen LogP contribution in [0.3, 0.4) is 0 Å². The summed E-state index contributed by atoms with van der Waals surface area (Å²) in [5.41, 5.74) is 0. The molecule has 1 aromatic rings. The van der Waals surface area contributed by atoms with E-state index in [0.29, 0.717) is 31.1 Å². The zero-order chi connectivity index (χ0) is 13.5. The monoisotopic (exact) mass is 255 g/mol. The van der Waals surface area contributed by atoms with Gasteiger partial charge in [-0.1, -0.05) is 0 Å². The third-order valence-corrected chi connectivity index (χ3v) is 2.09. The van der Waals surface area contributed by atoms with Crippen LogP contribution in [-0.2, 0) is 4.74 Å². The van der Waals surface area contributed by atoms with Gasteiger partial charge in [0.1, 0.15) is 6.10 Å². The first-order valence-electron chi connectivity index (χ1n) is 5.92. The number of hydrogen-bond acceptors (Lipinski definition) is 7. The van der Waals surface area contributed by atoms with Gasteiger partial charge in [0.05, 0.1) is 6.61 Å². The third-order valence-electron chi connectivity index (χ3n) is 2.09. The molecule has 0 bridgehead atoms. The van der Waals surface area contributed by atoms with Crippen molar-refractivity contribution >= 4 is 11.9 Å². The predicted octanol–water partition coefficient (Wildman–Crippen LogP) is 0.783. The molecule has 0 aliphatic heterocycles. The summed E-state index contributed by atoms with van der Waals surface area (Å²) < 4.78 is 10.9. The van der Waals surface area contributed by atoms with Crippen LogP contribution in [-0.4, -0.2) is 55.4 Å². The van der Waals surface area contributed by atoms with Crippen molar-refractivity contribution in [1.82, 2.24) is 15.0 Å². The molecule has 1 atom stereocenters. The number of nitrogens with zero attached hydrogens (tertiary/aromatic N) is 4. The molecule has 18 heavy (non-hydrogen) atoms. The van der Waals surface area contributed by atoms with Crippen molar-refractivity contribution in [1.29, 1.82) is 0 Å². The van der Waals surface area contributed by atoms with E-state index in [1.54, 1.807) is 11.9 Å². The standard InChI is InChI=1S/C11H21N5O2/c1-6-17-7-8(2)18-11-14-9(12-3)13-10(15-11)16(4)5/h8H,6-7H2,1-5H3,(H,12,13,14,15). The summed E-state index contributed by atoms with van der Waals surface area (Å²) >= 11 is 0. The first kappa shape index (κ1) is 14.4. The SMILES string of the molecule is CCOCC(C)Oc1nc(NC)nc(N(C)C)n1. The molecule has 0 amide bonds. The van der Waals surface area contributed by atoms with Crippen LogP contribution in [0, 0.1) is 0 Å². The number of hydrogen-bond donors (Lipinski definition) is 1. The topological polar surface area (TPSA) is 72.4 Å². The maximum atomic E-state index is 5.60. The van der Waals surface area contributed by atoms with Crippen LogP contribution in [0.2, 0.25) is 0 Å². The number of anilines is 2. The normalized spacial score (nSPS) is 12.1. The minimum absolute atomic E-state index is 0.105. The molecule has 1 aromatic heterocycles. The highest BCUT2D eigenvalue weighted by molar-refractivity contribution is 5.36. The number of aromatic nitrogens is 3. The highest BCUT2D eigenvalue weighted by Gasteiger charge is 2.11. The van der Waals surface area contributed by atoms with Gasteiger partial charge < -0.3 is 19.7 Å². The van der Waals surface area contributed by atoms with Gasteiger partial charge in [-0.25, -0.2) is 0 Å². The van der Waals surface area contributed by atoms with Crippen molar-refractivity contribution in [3.8, 4) is 6.01 Å². The Morgan fingerprint density at radius 2 is 2.00 bits per heavy atom. The summed E-state index contributed by atoms with van der Waals surface area (Å²) in [5, 5.41) is 2.88. The van der Waals surface area contributed by atoms with E-state index < -0.39 is 0 Å². The molecule has 1 unspecified atom stereocenters. The quantitative estimate of drug-likeness (QED) is 0.772. The fourth-order valence-electron chi connectivity index (χ4n) is 1.21. The molecule has 0 saturated carbocycles. The molecule has 0 spiro atoms. The third kappa shape index (κ3) is 4.33. The van der Waals surface area contributed by atoms with Gasteiger partial charge in [0.15, 0.2) is 0 Å². The highest BCUT2D eigenvalue weighted by Crippen LogP contribution is 2.13. The van der Waals surface area contributed by atoms with Gasteiger partial charge in [0.25, 0.3) is 0 Å². The Morgan fingerprint density at radius 1 is 1.28 bits per heavy atom. The second-order valence-corrected chi connectivity index (χ2v) is 3.97. The van der Waals surface area contributed by atoms with Crippen molar-refractivity contribution in [2.75, 3.05) is 44.6 Å². The van der Waals surface area contributed by atoms with Crippen LogP contribution in [0.25, 0.3) is 0 Å². The van der Waals surface area contributed by atoms with Gasteiger partial charge in [-0.15, -0.1) is 0 Å². The molecule has 0 radical (unpaired) electrons. The largest absolute Gasteiger partial charge is 0.458 e. The highest BCUT2D eigenvalue weighted by atomic mass is 16.5. The van der Waals surface area contributed by atoms with Gasteiger partial charge in [-0.2, -0.15) is 15.0 Å². The van der Waals surface area contributed by atoms with E-state index in [0.717, 1.165) is 0 Å². The summed E-state index contributed by atoms with van der Waals surface area (Å²) in [4.78, 5) is 14.4. The second-order valence-electron chi connectivity index (χ2n) is 3.97. The zero-order valence-corrected chi connectivity index (χ0v) is 11.6. The van der Waals surface area contributed by atoms with Gasteiger partial charge in [0.2, 0.25) is 11.9 Å². The van der Waals surface area contributed by atoms with Crippen LogP contribution >= 0.6 is 0 Å². The molecule has 7 nitrogen and oxygen atoms in total. The Hall–Kier alpha value is -1.63. The Labute approximate surface area is 108 Å². The van der Waals surface area contributed by atoms with Crippen molar-refractivity contribution < 1.29 is 9.47 Å². The lowest BCUT2D eigenvalue weighted by atomic mass is 10.4. The van der Waals surface area contributed by atoms with Crippen molar-refractivity contribution in [3.63, 3.8) is 0 Å². The van der Waals surface area contributed by atoms with Gasteiger partial charge >= 0.3 is 6.01 Å². The lowest BCUT2D eigenvalue weighted by molar-refractivity contribution is 0.0607. The fraction of sp³-hybridized carbons (Fsp3) is 0.727. The van der Waals surface area contributed by atoms with Crippen molar-refractivity contribution in [2.45, 2.75) is 20.0 Å². The molecule has 0 fully saturated rings. The lowest BCUT2D eigenvalue weighted by Crippen LogP contribution is -2.22. The average molecular weight is 255 g/mol. The number of rotatable bonds is 7. The van der Waals surface area contributed by atoms with E-state index in [4.69, 9.17) is 9.47 Å². The van der Waals surface area contributed by atoms with Crippen LogP contribution in [0.15, 0.2) is 0 Å². The molecule has 0 aliphatic carbocycles. The van der Waals surface area contributed by atoms with E-state index in [1.165, 1.54) is 0 Å². The first-order chi connectivity index (χ1) is 8.56. The molecule has 1 N–H and O–H groups in total. The molecule has 1 rings (SSSR count). The van der Waals surface area contributed by atoms with Crippen LogP contribution in [0.4, 0.5) is 11.9 Å². The molecular weight excluding hydrogens is 234 g/mol. The maximum Gasteiger partial charge on any atom is 0.323 e. The van der Waals surface area contributed by atoms with Gasteiger partial charge in [0, 0.05) is 27.7 Å². The Morgan fingerprint density at radius 3 is 2.56 bits per heavy atom. The van der Waals surface area contributed by atoms with Gasteiger partial charge in [-0.3, -0.25) is 0 Å². The first-order valence-corrected chi connectivity index (χ1v) is 5.92. The van der Waals surface area contributed by atoms with E-state index in [1.807, 2.05) is 27.9 Å². The Kier molecular flexibility index (Phi) is 5.57. The molecular formula is C11H21N5O2. The molecule has 7 heteroatoms. The van der Waals surface area contributed by atoms with E-state index in [9.17, 15) is 0 Å². The van der Waals surface area contributed by atoms with Crippen molar-refractivity contribution in [2.24, 2.45) is 0 Å². The molecule has 0 saturated heterocycles. The van der Waals surface area contributed by atoms with Crippen molar-refractivity contribution in [3.05, 3.63) is 0 Å². The number of ether oxygens (including phenoxy) is 2. The molecule has 102 valence electrons. The predicted molar refractivity (Wildman–Crippen MR) is 70.3 cm³/mol. The lowest BCUT2D eigenvalue weighted by Gasteiger charge is -2.16. The van der Waals surface area contributed by atoms with E-state index in [2.05, 4.69) is 20.3 Å². The summed E-state index contributed by atoms with van der Waals surface area (Å²) in [6, 6.07) is 0.297. The summed E-state index contributed by atoms with van der Waals surface area (Å²) in [5.74, 6) is 1.03. The Balaban J connectivity index is 2.77. The number of nitrogens with one attached hydrogen (secondary N) is 1. The smallest absolute Gasteiger partial charge is 0.323 e. The molecule has 0 aromatic carbocycles. The minimum atomic E-state index is -0.105. The van der Waals surface area contributed by atoms with Crippen LogP contribution < -0.4 is 15.0 Å². The minimum Gasteiger partial charge on any atom is -0.458 e. The van der Waals surface area contributed by atoms with Crippen LogP contribution in [0.5, 0.6) is 6.01 Å². The van der Waals surface area contributed by atoms with Crippen LogP contribution in [0.1, 0.15) is 13.8 Å². The van der Waals surface area contributed by atoms with E-state index >= 15 is 0 Å². The van der Waals surface area contributed by atoms with E-state index in [-0.39, 0.29) is 6.10 Å². The second kappa shape index (κ2) is 6.95. The summed E-state index contributed by atoms with van der Waals surface area (Å²) in [6.07, 6.45) is -0.105. The van der Waals surface area contributed by atoms with Gasteiger partial charge in [-0.05, 0) is 13.8 Å². The summed E-state index contributed by atoms with van der Waals surface area (Å²) in [7, 11) is 5.48. The zero-order valence-electron chi connectivity index (χ0n) is 11.6.